The number of nitrogens with zero attached hydrogens (tertiary/aromatic N) is 3. The highest BCUT2D eigenvalue weighted by atomic mass is 32.1. The number of hydrogen-bond donors (Lipinski definition) is 1. The number of hydrogen-bond acceptors (Lipinski definition) is 7. The first kappa shape index (κ1) is 17.6. The summed E-state index contributed by atoms with van der Waals surface area (Å²) in [5.41, 5.74) is 1.49. The molecule has 7 heteroatoms. The van der Waals surface area contributed by atoms with Gasteiger partial charge >= 0.3 is 0 Å². The van der Waals surface area contributed by atoms with Gasteiger partial charge in [0.15, 0.2) is 0 Å². The number of thiophene rings is 2. The number of ether oxygens (including phenoxy) is 1. The first-order valence-electron chi connectivity index (χ1n) is 9.74. The van der Waals surface area contributed by atoms with Crippen molar-refractivity contribution in [2.75, 3.05) is 31.6 Å². The minimum absolute atomic E-state index is 0.801. The molecule has 0 spiro atoms. The van der Waals surface area contributed by atoms with Crippen molar-refractivity contribution < 1.29 is 4.74 Å². The molecule has 1 fully saturated rings. The van der Waals surface area contributed by atoms with Crippen LogP contribution in [0.15, 0.2) is 17.5 Å². The molecule has 27 heavy (non-hydrogen) atoms. The Bertz CT molecular complexity index is 916. The highest BCUT2D eigenvalue weighted by Crippen LogP contribution is 2.38. The zero-order valence-corrected chi connectivity index (χ0v) is 17.0. The van der Waals surface area contributed by atoms with E-state index in [0.29, 0.717) is 0 Å². The van der Waals surface area contributed by atoms with Crippen LogP contribution in [-0.2, 0) is 30.7 Å². The number of aryl methyl sites for hydroxylation is 2. The van der Waals surface area contributed by atoms with Crippen LogP contribution in [0.25, 0.3) is 10.2 Å². The molecule has 0 radical (unpaired) electrons. The fourth-order valence-electron chi connectivity index (χ4n) is 3.94. The average Bonchev–Trinajstić information content (AvgIpc) is 3.34. The summed E-state index contributed by atoms with van der Waals surface area (Å²) in [6.45, 7) is 5.15. The first-order chi connectivity index (χ1) is 13.4. The second-order valence-corrected chi connectivity index (χ2v) is 9.32. The molecule has 5 nitrogen and oxygen atoms in total. The molecule has 1 saturated heterocycles. The maximum atomic E-state index is 5.47. The van der Waals surface area contributed by atoms with Gasteiger partial charge in [0, 0.05) is 22.8 Å². The van der Waals surface area contributed by atoms with Crippen LogP contribution in [-0.4, -0.2) is 41.2 Å². The Morgan fingerprint density at radius 2 is 2.04 bits per heavy atom. The average molecular weight is 401 g/mol. The lowest BCUT2D eigenvalue weighted by Gasteiger charge is -2.25. The van der Waals surface area contributed by atoms with Crippen LogP contribution >= 0.6 is 22.7 Å². The summed E-state index contributed by atoms with van der Waals surface area (Å²) in [7, 11) is 0. The Morgan fingerprint density at radius 3 is 2.89 bits per heavy atom. The maximum absolute atomic E-state index is 5.47. The summed E-state index contributed by atoms with van der Waals surface area (Å²) in [4.78, 5) is 16.4. The van der Waals surface area contributed by atoms with Gasteiger partial charge in [0.25, 0.3) is 0 Å². The molecule has 0 unspecified atom stereocenters. The minimum atomic E-state index is 0.801. The Balaban J connectivity index is 1.50. The van der Waals surface area contributed by atoms with Gasteiger partial charge in [0.05, 0.1) is 31.7 Å². The van der Waals surface area contributed by atoms with Crippen LogP contribution < -0.4 is 5.32 Å². The molecular formula is C20H24N4OS2. The van der Waals surface area contributed by atoms with Crippen LogP contribution in [0.5, 0.6) is 0 Å². The van der Waals surface area contributed by atoms with Crippen molar-refractivity contribution in [3.63, 3.8) is 0 Å². The summed E-state index contributed by atoms with van der Waals surface area (Å²) >= 11 is 3.67. The summed E-state index contributed by atoms with van der Waals surface area (Å²) in [6, 6.07) is 4.28. The van der Waals surface area contributed by atoms with E-state index in [4.69, 9.17) is 14.7 Å². The van der Waals surface area contributed by atoms with E-state index in [9.17, 15) is 0 Å². The van der Waals surface area contributed by atoms with Crippen molar-refractivity contribution in [1.29, 1.82) is 0 Å². The summed E-state index contributed by atoms with van der Waals surface area (Å²) in [5.74, 6) is 1.95. The fraction of sp³-hybridized carbons (Fsp3) is 0.500. The molecule has 3 aromatic rings. The third kappa shape index (κ3) is 3.74. The summed E-state index contributed by atoms with van der Waals surface area (Å²) < 4.78 is 5.47. The molecule has 4 heterocycles. The van der Waals surface area contributed by atoms with Gasteiger partial charge in [-0.15, -0.1) is 22.7 Å². The Labute approximate surface area is 167 Å². The van der Waals surface area contributed by atoms with Gasteiger partial charge in [0.1, 0.15) is 16.5 Å². The molecule has 0 atom stereocenters. The second-order valence-electron chi connectivity index (χ2n) is 7.20. The Hall–Kier alpha value is -1.54. The SMILES string of the molecule is c1csc(CNc2nc(CN3CCOCC3)nc3sc4c(c23)CCCC4)c1. The van der Waals surface area contributed by atoms with Gasteiger partial charge < -0.3 is 10.1 Å². The van der Waals surface area contributed by atoms with Crippen molar-refractivity contribution in [1.82, 2.24) is 14.9 Å². The number of nitrogens with one attached hydrogen (secondary N) is 1. The lowest BCUT2D eigenvalue weighted by atomic mass is 9.97. The second kappa shape index (κ2) is 7.83. The van der Waals surface area contributed by atoms with Crippen molar-refractivity contribution in [2.24, 2.45) is 0 Å². The zero-order chi connectivity index (χ0) is 18.1. The van der Waals surface area contributed by atoms with E-state index in [-0.39, 0.29) is 0 Å². The number of rotatable bonds is 5. The number of morpholine rings is 1. The van der Waals surface area contributed by atoms with Crippen molar-refractivity contribution in [3.8, 4) is 0 Å². The third-order valence-electron chi connectivity index (χ3n) is 5.34. The standard InChI is InChI=1S/C20H24N4OS2/c1-2-6-16-15(5-1)18-19(21-12-14-4-3-11-26-14)22-17(23-20(18)27-16)13-24-7-9-25-10-8-24/h3-4,11H,1-2,5-10,12-13H2,(H,21,22,23). The lowest BCUT2D eigenvalue weighted by molar-refractivity contribution is 0.0331. The number of anilines is 1. The minimum Gasteiger partial charge on any atom is -0.379 e. The largest absolute Gasteiger partial charge is 0.379 e. The van der Waals surface area contributed by atoms with E-state index >= 15 is 0 Å². The van der Waals surface area contributed by atoms with E-state index in [0.717, 1.165) is 62.3 Å². The normalized spacial score (nSPS) is 17.9. The van der Waals surface area contributed by atoms with Gasteiger partial charge in [-0.1, -0.05) is 6.07 Å². The van der Waals surface area contributed by atoms with Gasteiger partial charge in [0.2, 0.25) is 0 Å². The number of aromatic nitrogens is 2. The molecule has 1 aliphatic heterocycles. The van der Waals surface area contributed by atoms with E-state index in [1.165, 1.54) is 40.0 Å². The van der Waals surface area contributed by atoms with Gasteiger partial charge in [-0.3, -0.25) is 4.90 Å². The Morgan fingerprint density at radius 1 is 1.15 bits per heavy atom. The van der Waals surface area contributed by atoms with Crippen molar-refractivity contribution >= 4 is 38.7 Å². The molecule has 5 rings (SSSR count). The van der Waals surface area contributed by atoms with Crippen molar-refractivity contribution in [3.05, 3.63) is 38.7 Å². The maximum Gasteiger partial charge on any atom is 0.146 e. The highest BCUT2D eigenvalue weighted by Gasteiger charge is 2.22. The van der Waals surface area contributed by atoms with E-state index in [2.05, 4.69) is 27.7 Å². The third-order valence-corrected chi connectivity index (χ3v) is 7.40. The molecule has 0 amide bonds. The smallest absolute Gasteiger partial charge is 0.146 e. The van der Waals surface area contributed by atoms with E-state index < -0.39 is 0 Å². The predicted molar refractivity (Wildman–Crippen MR) is 112 cm³/mol. The van der Waals surface area contributed by atoms with E-state index in [1.54, 1.807) is 11.3 Å². The lowest BCUT2D eigenvalue weighted by Crippen LogP contribution is -2.36. The van der Waals surface area contributed by atoms with Crippen molar-refractivity contribution in [2.45, 2.75) is 38.8 Å². The van der Waals surface area contributed by atoms with Gasteiger partial charge in [-0.25, -0.2) is 9.97 Å². The molecule has 2 aliphatic rings. The van der Waals surface area contributed by atoms with E-state index in [1.807, 2.05) is 11.3 Å². The topological polar surface area (TPSA) is 50.3 Å². The van der Waals surface area contributed by atoms with Gasteiger partial charge in [-0.05, 0) is 42.7 Å². The predicted octanol–water partition coefficient (Wildman–Crippen LogP) is 4.08. The molecule has 1 aliphatic carbocycles. The quantitative estimate of drug-likeness (QED) is 0.699. The zero-order valence-electron chi connectivity index (χ0n) is 15.4. The molecular weight excluding hydrogens is 376 g/mol. The first-order valence-corrected chi connectivity index (χ1v) is 11.4. The highest BCUT2D eigenvalue weighted by molar-refractivity contribution is 7.19. The molecule has 142 valence electrons. The number of fused-ring (bicyclic) bond motifs is 3. The molecule has 1 N–H and O–H groups in total. The monoisotopic (exact) mass is 400 g/mol. The van der Waals surface area contributed by atoms with Crippen LogP contribution in [0.2, 0.25) is 0 Å². The molecule has 0 bridgehead atoms. The molecule has 3 aromatic heterocycles. The van der Waals surface area contributed by atoms with Crippen LogP contribution in [0.3, 0.4) is 0 Å². The van der Waals surface area contributed by atoms with Crippen LogP contribution in [0, 0.1) is 0 Å². The van der Waals surface area contributed by atoms with Crippen LogP contribution in [0.4, 0.5) is 5.82 Å². The molecule has 0 saturated carbocycles. The molecule has 0 aromatic carbocycles. The fourth-order valence-corrected chi connectivity index (χ4v) is 5.87. The Kier molecular flexibility index (Phi) is 5.09. The van der Waals surface area contributed by atoms with Gasteiger partial charge in [-0.2, -0.15) is 0 Å². The summed E-state index contributed by atoms with van der Waals surface area (Å²) in [5, 5.41) is 7.03. The van der Waals surface area contributed by atoms with Crippen LogP contribution in [0.1, 0.15) is 34.0 Å². The summed E-state index contributed by atoms with van der Waals surface area (Å²) in [6.07, 6.45) is 4.93.